The summed E-state index contributed by atoms with van der Waals surface area (Å²) < 4.78 is 0. The maximum absolute atomic E-state index is 5.12. The number of nitrogens with zero attached hydrogens (tertiary/aromatic N) is 3. The van der Waals surface area contributed by atoms with E-state index in [0.29, 0.717) is 17.5 Å². The molecule has 0 bridgehead atoms. The van der Waals surface area contributed by atoms with Gasteiger partial charge in [-0.05, 0) is 95.7 Å². The average molecular weight is 750 g/mol. The molecule has 59 heavy (non-hydrogen) atoms. The van der Waals surface area contributed by atoms with Gasteiger partial charge in [-0.25, -0.2) is 15.0 Å². The van der Waals surface area contributed by atoms with Gasteiger partial charge < -0.3 is 0 Å². The number of hydrogen-bond donors (Lipinski definition) is 0. The van der Waals surface area contributed by atoms with Gasteiger partial charge in [0.1, 0.15) is 0 Å². The quantitative estimate of drug-likeness (QED) is 0.176. The summed E-state index contributed by atoms with van der Waals surface area (Å²) in [5.74, 6) is 1.93. The van der Waals surface area contributed by atoms with Crippen LogP contribution in [0, 0.1) is 0 Å². The van der Waals surface area contributed by atoms with Crippen LogP contribution in [0.3, 0.4) is 0 Å². The highest BCUT2D eigenvalue weighted by molar-refractivity contribution is 6.00. The molecule has 3 nitrogen and oxygen atoms in total. The lowest BCUT2D eigenvalue weighted by Crippen LogP contribution is -2.26. The number of fused-ring (bicyclic) bond motifs is 11. The van der Waals surface area contributed by atoms with Crippen molar-refractivity contribution in [2.45, 2.75) is 5.41 Å². The lowest BCUT2D eigenvalue weighted by molar-refractivity contribution is 0.796. The van der Waals surface area contributed by atoms with E-state index in [1.54, 1.807) is 0 Å². The van der Waals surface area contributed by atoms with E-state index in [1.165, 1.54) is 55.6 Å². The minimum absolute atomic E-state index is 0.415. The molecule has 1 aromatic heterocycles. The van der Waals surface area contributed by atoms with Crippen LogP contribution in [0.4, 0.5) is 0 Å². The van der Waals surface area contributed by atoms with Gasteiger partial charge in [0, 0.05) is 16.7 Å². The highest BCUT2D eigenvalue weighted by atomic mass is 15.0. The topological polar surface area (TPSA) is 38.7 Å². The van der Waals surface area contributed by atoms with E-state index in [1.807, 2.05) is 24.3 Å². The Bertz CT molecular complexity index is 3210. The van der Waals surface area contributed by atoms with Crippen LogP contribution >= 0.6 is 0 Å². The van der Waals surface area contributed by atoms with Gasteiger partial charge in [0.05, 0.1) is 5.41 Å². The van der Waals surface area contributed by atoms with Gasteiger partial charge >= 0.3 is 0 Å². The molecule has 0 atom stereocenters. The Morgan fingerprint density at radius 2 is 0.661 bits per heavy atom. The van der Waals surface area contributed by atoms with Crippen LogP contribution in [0.1, 0.15) is 22.3 Å². The monoisotopic (exact) mass is 749 g/mol. The van der Waals surface area contributed by atoms with E-state index in [4.69, 9.17) is 15.0 Å². The van der Waals surface area contributed by atoms with Crippen LogP contribution in [-0.2, 0) is 5.41 Å². The van der Waals surface area contributed by atoms with Crippen LogP contribution in [0.25, 0.3) is 89.4 Å². The summed E-state index contributed by atoms with van der Waals surface area (Å²) in [7, 11) is 0. The van der Waals surface area contributed by atoms with Gasteiger partial charge in [-0.15, -0.1) is 0 Å². The van der Waals surface area contributed by atoms with Crippen molar-refractivity contribution in [1.29, 1.82) is 0 Å². The zero-order valence-electron chi connectivity index (χ0n) is 32.0. The fourth-order valence-electron chi connectivity index (χ4n) is 9.77. The van der Waals surface area contributed by atoms with Crippen molar-refractivity contribution < 1.29 is 0 Å². The van der Waals surface area contributed by atoms with Crippen LogP contribution in [0.2, 0.25) is 0 Å². The third-order valence-electron chi connectivity index (χ3n) is 12.3. The van der Waals surface area contributed by atoms with E-state index in [9.17, 15) is 0 Å². The molecule has 2 aliphatic rings. The molecule has 0 saturated carbocycles. The number of hydrogen-bond acceptors (Lipinski definition) is 3. The standard InChI is InChI=1S/C56H35N3/c1-3-15-36(16-4-1)38-19-13-20-42(34-38)54-57-53(37-17-5-2-6-18-37)58-55(59-54)43-32-30-39-33-41(31-29-40(39)35-43)44-24-14-25-48-47-23-9-12-28-51(47)56(52(44)48)49-26-10-7-21-45(49)46-22-8-11-27-50(46)56/h1-35H. The molecule has 9 aromatic carbocycles. The predicted molar refractivity (Wildman–Crippen MR) is 241 cm³/mol. The maximum atomic E-state index is 5.12. The minimum atomic E-state index is -0.415. The van der Waals surface area contributed by atoms with Crippen molar-refractivity contribution in [2.24, 2.45) is 0 Å². The van der Waals surface area contributed by atoms with E-state index in [0.717, 1.165) is 38.6 Å². The smallest absolute Gasteiger partial charge is 0.164 e. The molecule has 1 spiro atoms. The van der Waals surface area contributed by atoms with E-state index in [-0.39, 0.29) is 0 Å². The van der Waals surface area contributed by atoms with Gasteiger partial charge in [-0.2, -0.15) is 0 Å². The van der Waals surface area contributed by atoms with Crippen molar-refractivity contribution in [1.82, 2.24) is 15.0 Å². The Kier molecular flexibility index (Phi) is 7.45. The SMILES string of the molecule is c1ccc(-c2cccc(-c3nc(-c4ccccc4)nc(-c4ccc5cc(-c6cccc7c6C6(c8ccccc8-c8ccccc86)c6ccccc6-7)ccc5c4)n3)c2)cc1. The fourth-order valence-corrected chi connectivity index (χ4v) is 9.77. The molecular weight excluding hydrogens is 715 g/mol. The molecule has 274 valence electrons. The molecule has 10 aromatic rings. The molecule has 0 saturated heterocycles. The summed E-state index contributed by atoms with van der Waals surface area (Å²) in [5.41, 5.74) is 17.8. The zero-order valence-corrected chi connectivity index (χ0v) is 32.0. The second-order valence-electron chi connectivity index (χ2n) is 15.5. The second kappa shape index (κ2) is 13.2. The van der Waals surface area contributed by atoms with Crippen molar-refractivity contribution in [3.05, 3.63) is 235 Å². The van der Waals surface area contributed by atoms with Crippen molar-refractivity contribution in [2.75, 3.05) is 0 Å². The third kappa shape index (κ3) is 5.11. The summed E-state index contributed by atoms with van der Waals surface area (Å²) in [6.07, 6.45) is 0. The highest BCUT2D eigenvalue weighted by Crippen LogP contribution is 2.64. The van der Waals surface area contributed by atoms with Crippen molar-refractivity contribution in [3.63, 3.8) is 0 Å². The first-order valence-corrected chi connectivity index (χ1v) is 20.2. The summed E-state index contributed by atoms with van der Waals surface area (Å²) in [4.78, 5) is 15.2. The van der Waals surface area contributed by atoms with Crippen LogP contribution in [0.15, 0.2) is 212 Å². The van der Waals surface area contributed by atoms with Gasteiger partial charge in [-0.1, -0.05) is 194 Å². The molecular formula is C56H35N3. The Morgan fingerprint density at radius 1 is 0.254 bits per heavy atom. The van der Waals surface area contributed by atoms with Gasteiger partial charge in [0.15, 0.2) is 17.5 Å². The van der Waals surface area contributed by atoms with Gasteiger partial charge in [0.25, 0.3) is 0 Å². The molecule has 1 heterocycles. The summed E-state index contributed by atoms with van der Waals surface area (Å²) in [6, 6.07) is 76.4. The second-order valence-corrected chi connectivity index (χ2v) is 15.5. The van der Waals surface area contributed by atoms with Gasteiger partial charge in [-0.3, -0.25) is 0 Å². The molecule has 0 unspecified atom stereocenters. The van der Waals surface area contributed by atoms with Crippen LogP contribution in [-0.4, -0.2) is 15.0 Å². The predicted octanol–water partition coefficient (Wildman–Crippen LogP) is 13.7. The fraction of sp³-hybridized carbons (Fsp3) is 0.0179. The largest absolute Gasteiger partial charge is 0.208 e. The Balaban J connectivity index is 0.995. The number of rotatable bonds is 5. The van der Waals surface area contributed by atoms with Crippen LogP contribution in [0.5, 0.6) is 0 Å². The van der Waals surface area contributed by atoms with E-state index in [2.05, 4.69) is 188 Å². The molecule has 0 aliphatic heterocycles. The van der Waals surface area contributed by atoms with Crippen molar-refractivity contribution >= 4 is 10.8 Å². The first kappa shape index (κ1) is 33.4. The molecule has 0 radical (unpaired) electrons. The molecule has 12 rings (SSSR count). The molecule has 0 fully saturated rings. The summed E-state index contributed by atoms with van der Waals surface area (Å²) in [6.45, 7) is 0. The Morgan fingerprint density at radius 3 is 1.29 bits per heavy atom. The minimum Gasteiger partial charge on any atom is -0.208 e. The van der Waals surface area contributed by atoms with Gasteiger partial charge in [0.2, 0.25) is 0 Å². The number of benzene rings is 9. The summed E-state index contributed by atoms with van der Waals surface area (Å²) >= 11 is 0. The Hall–Kier alpha value is -7.75. The third-order valence-corrected chi connectivity index (χ3v) is 12.3. The molecule has 0 amide bonds. The summed E-state index contributed by atoms with van der Waals surface area (Å²) in [5, 5.41) is 2.29. The van der Waals surface area contributed by atoms with Crippen LogP contribution < -0.4 is 0 Å². The van der Waals surface area contributed by atoms with E-state index >= 15 is 0 Å². The average Bonchev–Trinajstić information content (AvgIpc) is 3.79. The molecule has 0 N–H and O–H groups in total. The number of aromatic nitrogens is 3. The first-order valence-electron chi connectivity index (χ1n) is 20.2. The zero-order chi connectivity index (χ0) is 38.9. The maximum Gasteiger partial charge on any atom is 0.164 e. The van der Waals surface area contributed by atoms with Crippen molar-refractivity contribution in [3.8, 4) is 78.7 Å². The Labute approximate surface area is 343 Å². The highest BCUT2D eigenvalue weighted by Gasteiger charge is 2.52. The lowest BCUT2D eigenvalue weighted by Gasteiger charge is -2.32. The first-order chi connectivity index (χ1) is 29.2. The molecule has 3 heteroatoms. The normalized spacial score (nSPS) is 12.9. The molecule has 2 aliphatic carbocycles. The van der Waals surface area contributed by atoms with E-state index < -0.39 is 5.41 Å². The lowest BCUT2D eigenvalue weighted by atomic mass is 9.68.